The first-order valence-corrected chi connectivity index (χ1v) is 7.03. The highest BCUT2D eigenvalue weighted by Crippen LogP contribution is 2.60. The van der Waals surface area contributed by atoms with Crippen LogP contribution >= 0.6 is 11.8 Å². The van der Waals surface area contributed by atoms with Crippen molar-refractivity contribution in [2.45, 2.75) is 38.3 Å². The Bertz CT molecular complexity index is 591. The lowest BCUT2D eigenvalue weighted by Crippen LogP contribution is -2.44. The van der Waals surface area contributed by atoms with Gasteiger partial charge in [0, 0.05) is 24.6 Å². The minimum atomic E-state index is -1.08. The summed E-state index contributed by atoms with van der Waals surface area (Å²) in [5, 5.41) is 9.23. The third-order valence-electron chi connectivity index (χ3n) is 4.46. The van der Waals surface area contributed by atoms with Gasteiger partial charge in [-0.1, -0.05) is 0 Å². The van der Waals surface area contributed by atoms with Crippen LogP contribution in [0.2, 0.25) is 0 Å². The van der Waals surface area contributed by atoms with E-state index in [2.05, 4.69) is 0 Å². The first-order valence-electron chi connectivity index (χ1n) is 6.69. The number of nitrogens with zero attached hydrogens (tertiary/aromatic N) is 1. The van der Waals surface area contributed by atoms with Crippen molar-refractivity contribution in [3.63, 3.8) is 0 Å². The number of rotatable bonds is 2. The predicted molar refractivity (Wildman–Crippen MR) is 70.3 cm³/mol. The number of aliphatic carboxylic acids is 1. The number of amides is 2. The molecule has 0 aromatic carbocycles. The van der Waals surface area contributed by atoms with E-state index in [-0.39, 0.29) is 17.6 Å². The van der Waals surface area contributed by atoms with Gasteiger partial charge in [0.1, 0.15) is 5.60 Å². The number of carboxylic acid groups (broad SMARTS) is 1. The van der Waals surface area contributed by atoms with Gasteiger partial charge in [-0.25, -0.2) is 9.59 Å². The molecule has 0 spiro atoms. The first-order chi connectivity index (χ1) is 10.3. The van der Waals surface area contributed by atoms with Crippen molar-refractivity contribution >= 4 is 29.7 Å². The molecule has 0 radical (unpaired) electrons. The van der Waals surface area contributed by atoms with E-state index in [1.165, 1.54) is 0 Å². The zero-order chi connectivity index (χ0) is 16.2. The topological polar surface area (TPSA) is 106 Å². The van der Waals surface area contributed by atoms with Gasteiger partial charge in [-0.2, -0.15) is 4.42 Å². The highest BCUT2D eigenvalue weighted by Gasteiger charge is 2.71. The summed E-state index contributed by atoms with van der Waals surface area (Å²) in [6.45, 7) is 2.93. The molecule has 0 bridgehead atoms. The van der Waals surface area contributed by atoms with Crippen molar-refractivity contribution in [2.75, 3.05) is 0 Å². The molecule has 3 aliphatic rings. The summed E-state index contributed by atoms with van der Waals surface area (Å²) < 4.78 is 16.2. The van der Waals surface area contributed by atoms with Gasteiger partial charge in [-0.05, 0) is 13.3 Å². The van der Waals surface area contributed by atoms with Crippen LogP contribution < -0.4 is 0 Å². The molecule has 1 saturated heterocycles. The number of carboxylic acids is 1. The predicted octanol–water partition coefficient (Wildman–Crippen LogP) is 1.24. The minimum Gasteiger partial charge on any atom is -0.478 e. The number of ether oxygens (including phenoxy) is 3. The molecular weight excluding hydrogens is 318 g/mol. The van der Waals surface area contributed by atoms with Crippen LogP contribution in [0.5, 0.6) is 0 Å². The Kier molecular flexibility index (Phi) is 3.33. The molecule has 0 aromatic heterocycles. The van der Waals surface area contributed by atoms with E-state index in [0.717, 1.165) is 13.2 Å². The molecule has 8 nitrogen and oxygen atoms in total. The van der Waals surface area contributed by atoms with Crippen LogP contribution in [0.1, 0.15) is 20.3 Å². The Balaban J connectivity index is 1.82. The van der Waals surface area contributed by atoms with Crippen molar-refractivity contribution in [3.05, 3.63) is 11.8 Å². The molecule has 1 aliphatic carbocycles. The van der Waals surface area contributed by atoms with Gasteiger partial charge < -0.3 is 19.3 Å². The van der Waals surface area contributed by atoms with E-state index in [0.29, 0.717) is 10.8 Å². The molecule has 22 heavy (non-hydrogen) atoms. The molecule has 120 valence electrons. The van der Waals surface area contributed by atoms with Crippen molar-refractivity contribution in [1.82, 2.24) is 4.42 Å². The van der Waals surface area contributed by atoms with Crippen LogP contribution in [0.25, 0.3) is 0 Å². The van der Waals surface area contributed by atoms with Crippen molar-refractivity contribution < 1.29 is 33.7 Å². The van der Waals surface area contributed by atoms with Crippen LogP contribution in [0.3, 0.4) is 0 Å². The number of halogens is 1. The van der Waals surface area contributed by atoms with Gasteiger partial charge in [0.15, 0.2) is 0 Å². The van der Waals surface area contributed by atoms with E-state index in [4.69, 9.17) is 26.0 Å². The van der Waals surface area contributed by atoms with Gasteiger partial charge in [0.05, 0.1) is 23.9 Å². The Hall–Kier alpha value is -1.80. The minimum absolute atomic E-state index is 0.0898. The summed E-state index contributed by atoms with van der Waals surface area (Å²) >= 11 is 5.50. The molecule has 9 heteroatoms. The molecule has 2 amide bonds. The highest BCUT2D eigenvalue weighted by atomic mass is 35.5. The number of hydrogen-bond acceptors (Lipinski definition) is 6. The molecule has 1 N–H and O–H groups in total. The van der Waals surface area contributed by atoms with Crippen LogP contribution in [0, 0.1) is 11.8 Å². The lowest BCUT2D eigenvalue weighted by molar-refractivity contribution is -0.151. The molecule has 2 heterocycles. The third-order valence-corrected chi connectivity index (χ3v) is 4.84. The molecule has 2 aliphatic heterocycles. The Morgan fingerprint density at radius 1 is 1.50 bits per heavy atom. The van der Waals surface area contributed by atoms with Gasteiger partial charge in [0.25, 0.3) is 6.29 Å². The SMILES string of the molecule is CC(=O)N(Cl)C(=O)O[C@H]1OC=C(C(=O)O)[C@H]2C[C@@H]3O[C@]3(C)[C@H]12. The first kappa shape index (κ1) is 15.1. The second-order valence-corrected chi connectivity index (χ2v) is 6.06. The summed E-state index contributed by atoms with van der Waals surface area (Å²) in [7, 11) is 0. The van der Waals surface area contributed by atoms with E-state index >= 15 is 0 Å². The second kappa shape index (κ2) is 4.85. The molecular formula is C13H14ClNO7. The Labute approximate surface area is 130 Å². The number of hydrogen-bond donors (Lipinski definition) is 1. The number of carbonyl (C=O) groups is 3. The lowest BCUT2D eigenvalue weighted by atomic mass is 9.82. The van der Waals surface area contributed by atoms with Gasteiger partial charge >= 0.3 is 12.1 Å². The number of fused-ring (bicyclic) bond motifs is 3. The normalized spacial score (nSPS) is 38.0. The Morgan fingerprint density at radius 2 is 2.18 bits per heavy atom. The van der Waals surface area contributed by atoms with Crippen LogP contribution in [0.4, 0.5) is 4.79 Å². The fourth-order valence-electron chi connectivity index (χ4n) is 3.30. The zero-order valence-electron chi connectivity index (χ0n) is 11.8. The maximum absolute atomic E-state index is 11.8. The fraction of sp³-hybridized carbons (Fsp3) is 0.615. The molecule has 0 unspecified atom stereocenters. The van der Waals surface area contributed by atoms with E-state index in [9.17, 15) is 19.5 Å². The molecule has 5 atom stereocenters. The monoisotopic (exact) mass is 331 g/mol. The van der Waals surface area contributed by atoms with Crippen molar-refractivity contribution in [3.8, 4) is 0 Å². The van der Waals surface area contributed by atoms with Crippen molar-refractivity contribution in [1.29, 1.82) is 0 Å². The van der Waals surface area contributed by atoms with Gasteiger partial charge in [-0.15, -0.1) is 0 Å². The molecule has 0 aromatic rings. The summed E-state index contributed by atoms with van der Waals surface area (Å²) in [5.41, 5.74) is -0.471. The second-order valence-electron chi connectivity index (χ2n) is 5.72. The largest absolute Gasteiger partial charge is 0.478 e. The molecule has 2 fully saturated rings. The van der Waals surface area contributed by atoms with Crippen LogP contribution in [0.15, 0.2) is 11.8 Å². The lowest BCUT2D eigenvalue weighted by Gasteiger charge is -2.35. The molecule has 1 saturated carbocycles. The van der Waals surface area contributed by atoms with E-state index < -0.39 is 35.8 Å². The number of carbonyl (C=O) groups excluding carboxylic acids is 2. The standard InChI is InChI=1S/C13H14ClNO7/c1-5(16)15(14)12(19)21-11-9-6(3-8-13(9,2)22-8)7(4-20-11)10(17)18/h4,6,8-9,11H,3H2,1-2H3,(H,17,18)/t6-,8+,9+,11-,13+/m1/s1. The highest BCUT2D eigenvalue weighted by molar-refractivity contribution is 6.28. The van der Waals surface area contributed by atoms with E-state index in [1.54, 1.807) is 0 Å². The number of epoxide rings is 1. The third kappa shape index (κ3) is 2.14. The maximum Gasteiger partial charge on any atom is 0.434 e. The van der Waals surface area contributed by atoms with Crippen LogP contribution in [-0.4, -0.2) is 45.5 Å². The quantitative estimate of drug-likeness (QED) is 0.599. The average Bonchev–Trinajstić information content (AvgIpc) is 2.99. The summed E-state index contributed by atoms with van der Waals surface area (Å²) in [5.74, 6) is -2.57. The van der Waals surface area contributed by atoms with Gasteiger partial charge in [-0.3, -0.25) is 4.79 Å². The molecule has 3 rings (SSSR count). The summed E-state index contributed by atoms with van der Waals surface area (Å²) in [4.78, 5) is 34.1. The zero-order valence-corrected chi connectivity index (χ0v) is 12.6. The average molecular weight is 332 g/mol. The summed E-state index contributed by atoms with van der Waals surface area (Å²) in [6, 6.07) is 0. The summed E-state index contributed by atoms with van der Waals surface area (Å²) in [6.07, 6.45) is -0.611. The Morgan fingerprint density at radius 3 is 2.77 bits per heavy atom. The van der Waals surface area contributed by atoms with E-state index in [1.807, 2.05) is 6.92 Å². The van der Waals surface area contributed by atoms with Crippen LogP contribution in [-0.2, 0) is 23.8 Å². The smallest absolute Gasteiger partial charge is 0.434 e. The van der Waals surface area contributed by atoms with Crippen molar-refractivity contribution in [2.24, 2.45) is 11.8 Å². The van der Waals surface area contributed by atoms with Gasteiger partial charge in [0.2, 0.25) is 5.91 Å². The fourth-order valence-corrected chi connectivity index (χ4v) is 3.34. The number of imide groups is 1. The maximum atomic E-state index is 11.8.